The monoisotopic (exact) mass is 165 g/mol. The van der Waals surface area contributed by atoms with Crippen LogP contribution < -0.4 is 5.73 Å². The van der Waals surface area contributed by atoms with E-state index in [9.17, 15) is 4.79 Å². The van der Waals surface area contributed by atoms with Crippen molar-refractivity contribution in [1.82, 2.24) is 0 Å². The summed E-state index contributed by atoms with van der Waals surface area (Å²) in [5.41, 5.74) is 4.76. The molecule has 9 heavy (non-hydrogen) atoms. The summed E-state index contributed by atoms with van der Waals surface area (Å²) in [5.74, 6) is 1.31. The molecule has 0 rings (SSSR count). The smallest absolute Gasteiger partial charge is 0.254 e. The molecule has 0 atom stereocenters. The Balaban J connectivity index is 4.06. The number of hydrogen-bond donors (Lipinski definition) is 1. The highest BCUT2D eigenvalue weighted by Crippen LogP contribution is 2.23. The molecule has 0 aliphatic heterocycles. The fourth-order valence-electron chi connectivity index (χ4n) is 0.215. The van der Waals surface area contributed by atoms with Gasteiger partial charge in [0, 0.05) is 0 Å². The van der Waals surface area contributed by atoms with Gasteiger partial charge in [0.2, 0.25) is 4.33 Å². The Morgan fingerprint density at radius 1 is 1.78 bits per heavy atom. The van der Waals surface area contributed by atoms with E-state index in [1.807, 2.05) is 0 Å². The molecule has 1 amide bonds. The Labute approximate surface area is 63.3 Å². The van der Waals surface area contributed by atoms with Gasteiger partial charge in [0.15, 0.2) is 0 Å². The van der Waals surface area contributed by atoms with Gasteiger partial charge in [-0.05, 0) is 0 Å². The summed E-state index contributed by atoms with van der Waals surface area (Å²) in [6.07, 6.45) is 4.76. The van der Waals surface area contributed by atoms with Gasteiger partial charge in [0.1, 0.15) is 0 Å². The van der Waals surface area contributed by atoms with E-state index in [1.54, 1.807) is 0 Å². The summed E-state index contributed by atoms with van der Waals surface area (Å²) in [6.45, 7) is 0. The van der Waals surface area contributed by atoms with Crippen LogP contribution in [0.5, 0.6) is 0 Å². The van der Waals surface area contributed by atoms with Crippen LogP contribution in [-0.4, -0.2) is 10.2 Å². The fraction of sp³-hybridized carbons (Fsp3) is 0.400. The molecule has 0 unspecified atom stereocenters. The van der Waals surface area contributed by atoms with Gasteiger partial charge < -0.3 is 5.73 Å². The Hall–Kier alpha value is -0.390. The number of primary amides is 1. The van der Waals surface area contributed by atoms with Gasteiger partial charge >= 0.3 is 0 Å². The molecular formula is C5H5Cl2NO. The minimum absolute atomic E-state index is 0.0640. The molecule has 0 aromatic rings. The summed E-state index contributed by atoms with van der Waals surface area (Å²) in [6, 6.07) is 0. The topological polar surface area (TPSA) is 43.1 Å². The number of alkyl halides is 2. The van der Waals surface area contributed by atoms with Crippen LogP contribution in [0.15, 0.2) is 0 Å². The van der Waals surface area contributed by atoms with Crippen molar-refractivity contribution >= 4 is 29.1 Å². The van der Waals surface area contributed by atoms with E-state index < -0.39 is 10.2 Å². The van der Waals surface area contributed by atoms with Gasteiger partial charge in [0.05, 0.1) is 6.42 Å². The van der Waals surface area contributed by atoms with Crippen molar-refractivity contribution in [2.45, 2.75) is 10.8 Å². The molecule has 0 heterocycles. The zero-order chi connectivity index (χ0) is 7.49. The minimum Gasteiger partial charge on any atom is -0.367 e. The molecule has 0 spiro atoms. The van der Waals surface area contributed by atoms with Gasteiger partial charge in [-0.2, -0.15) is 0 Å². The first-order valence-corrected chi connectivity index (χ1v) is 2.87. The lowest BCUT2D eigenvalue weighted by atomic mass is 10.3. The predicted octanol–water partition coefficient (Wildman–Crippen LogP) is 0.669. The van der Waals surface area contributed by atoms with Gasteiger partial charge in [-0.15, -0.1) is 12.3 Å². The molecule has 50 valence electrons. The van der Waals surface area contributed by atoms with Crippen LogP contribution in [0, 0.1) is 12.3 Å². The van der Waals surface area contributed by atoms with Crippen LogP contribution in [0.3, 0.4) is 0 Å². The maximum Gasteiger partial charge on any atom is 0.254 e. The first kappa shape index (κ1) is 8.61. The molecule has 4 heteroatoms. The van der Waals surface area contributed by atoms with Crippen LogP contribution in [0.4, 0.5) is 0 Å². The summed E-state index contributed by atoms with van der Waals surface area (Å²) in [4.78, 5) is 10.3. The minimum atomic E-state index is -1.60. The lowest BCUT2D eigenvalue weighted by molar-refractivity contribution is -0.118. The van der Waals surface area contributed by atoms with E-state index in [0.29, 0.717) is 0 Å². The average molecular weight is 166 g/mol. The van der Waals surface area contributed by atoms with E-state index in [2.05, 4.69) is 5.92 Å². The third-order valence-electron chi connectivity index (χ3n) is 0.685. The van der Waals surface area contributed by atoms with E-state index in [1.165, 1.54) is 0 Å². The third-order valence-corrected chi connectivity index (χ3v) is 1.32. The molecule has 0 radical (unpaired) electrons. The molecule has 0 aliphatic carbocycles. The number of halogens is 2. The zero-order valence-electron chi connectivity index (χ0n) is 4.53. The van der Waals surface area contributed by atoms with E-state index >= 15 is 0 Å². The largest absolute Gasteiger partial charge is 0.367 e. The Bertz CT molecular complexity index is 159. The SMILES string of the molecule is C#CCC(Cl)(Cl)C(N)=O. The number of nitrogens with two attached hydrogens (primary N) is 1. The third kappa shape index (κ3) is 2.59. The van der Waals surface area contributed by atoms with E-state index in [4.69, 9.17) is 35.4 Å². The second kappa shape index (κ2) is 2.95. The Kier molecular flexibility index (Phi) is 2.83. The predicted molar refractivity (Wildman–Crippen MR) is 37.1 cm³/mol. The lowest BCUT2D eigenvalue weighted by Crippen LogP contribution is -2.32. The number of terminal acetylenes is 1. The molecule has 0 saturated heterocycles. The van der Waals surface area contributed by atoms with Gasteiger partial charge in [-0.3, -0.25) is 4.79 Å². The van der Waals surface area contributed by atoms with Crippen molar-refractivity contribution < 1.29 is 4.79 Å². The second-order valence-electron chi connectivity index (χ2n) is 1.45. The van der Waals surface area contributed by atoms with Crippen molar-refractivity contribution in [3.8, 4) is 12.3 Å². The van der Waals surface area contributed by atoms with Crippen molar-refractivity contribution in [1.29, 1.82) is 0 Å². The fourth-order valence-corrected chi connectivity index (χ4v) is 0.370. The van der Waals surface area contributed by atoms with Crippen LogP contribution >= 0.6 is 23.2 Å². The Morgan fingerprint density at radius 3 is 2.33 bits per heavy atom. The summed E-state index contributed by atoms with van der Waals surface area (Å²) >= 11 is 10.6. The molecule has 0 fully saturated rings. The second-order valence-corrected chi connectivity index (χ2v) is 2.93. The number of carbonyl (C=O) groups excluding carboxylic acids is 1. The van der Waals surface area contributed by atoms with Crippen LogP contribution in [-0.2, 0) is 4.79 Å². The zero-order valence-corrected chi connectivity index (χ0v) is 6.04. The van der Waals surface area contributed by atoms with Crippen LogP contribution in [0.25, 0.3) is 0 Å². The first-order valence-electron chi connectivity index (χ1n) is 2.12. The number of rotatable bonds is 2. The number of carbonyl (C=O) groups is 1. The lowest BCUT2D eigenvalue weighted by Gasteiger charge is -2.09. The van der Waals surface area contributed by atoms with Crippen LogP contribution in [0.1, 0.15) is 6.42 Å². The summed E-state index contributed by atoms with van der Waals surface area (Å²) in [7, 11) is 0. The van der Waals surface area contributed by atoms with Crippen molar-refractivity contribution in [2.75, 3.05) is 0 Å². The summed E-state index contributed by atoms with van der Waals surface area (Å²) < 4.78 is -1.60. The van der Waals surface area contributed by atoms with Crippen molar-refractivity contribution in [2.24, 2.45) is 5.73 Å². The molecule has 0 aromatic heterocycles. The Morgan fingerprint density at radius 2 is 2.22 bits per heavy atom. The average Bonchev–Trinajstić information content (AvgIpc) is 1.65. The maximum atomic E-state index is 10.3. The van der Waals surface area contributed by atoms with Crippen LogP contribution in [0.2, 0.25) is 0 Å². The van der Waals surface area contributed by atoms with E-state index in [-0.39, 0.29) is 6.42 Å². The number of amides is 1. The van der Waals surface area contributed by atoms with E-state index in [0.717, 1.165) is 0 Å². The van der Waals surface area contributed by atoms with Crippen molar-refractivity contribution in [3.63, 3.8) is 0 Å². The van der Waals surface area contributed by atoms with Gasteiger partial charge in [0.25, 0.3) is 5.91 Å². The molecule has 0 bridgehead atoms. The quantitative estimate of drug-likeness (QED) is 0.475. The molecule has 0 aromatic carbocycles. The molecule has 2 nitrogen and oxygen atoms in total. The number of hydrogen-bond acceptors (Lipinski definition) is 1. The maximum absolute atomic E-state index is 10.3. The molecule has 0 aliphatic rings. The normalized spacial score (nSPS) is 10.3. The summed E-state index contributed by atoms with van der Waals surface area (Å²) in [5, 5.41) is 0. The molecule has 0 saturated carbocycles. The highest BCUT2D eigenvalue weighted by atomic mass is 35.5. The van der Waals surface area contributed by atoms with Gasteiger partial charge in [-0.25, -0.2) is 0 Å². The standard InChI is InChI=1S/C5H5Cl2NO/c1-2-3-5(6,7)4(8)9/h1H,3H2,(H2,8,9). The highest BCUT2D eigenvalue weighted by molar-refractivity contribution is 6.58. The molecule has 2 N–H and O–H groups in total. The van der Waals surface area contributed by atoms with Crippen molar-refractivity contribution in [3.05, 3.63) is 0 Å². The highest BCUT2D eigenvalue weighted by Gasteiger charge is 2.29. The molecular weight excluding hydrogens is 161 g/mol. The van der Waals surface area contributed by atoms with Gasteiger partial charge in [-0.1, -0.05) is 23.2 Å². The first-order chi connectivity index (χ1) is 4.00.